The fraction of sp³-hybridized carbons (Fsp3) is 0.579. The molecule has 1 N–H and O–H groups in total. The van der Waals surface area contributed by atoms with Crippen molar-refractivity contribution < 1.29 is 4.79 Å². The molecule has 0 radical (unpaired) electrons. The van der Waals surface area contributed by atoms with E-state index in [0.29, 0.717) is 0 Å². The van der Waals surface area contributed by atoms with E-state index in [-0.39, 0.29) is 5.91 Å². The van der Waals surface area contributed by atoms with E-state index in [4.69, 9.17) is 4.99 Å². The highest BCUT2D eigenvalue weighted by molar-refractivity contribution is 7.09. The Morgan fingerprint density at radius 2 is 2.07 bits per heavy atom. The van der Waals surface area contributed by atoms with Crippen molar-refractivity contribution in [3.8, 4) is 0 Å². The molecule has 28 heavy (non-hydrogen) atoms. The van der Waals surface area contributed by atoms with E-state index in [1.165, 1.54) is 4.88 Å². The fourth-order valence-electron chi connectivity index (χ4n) is 3.26. The average Bonchev–Trinajstić information content (AvgIpc) is 3.38. The highest BCUT2D eigenvalue weighted by Crippen LogP contribution is 2.09. The van der Waals surface area contributed by atoms with Crippen LogP contribution in [0, 0.1) is 0 Å². The molecule has 3 heterocycles. The number of aromatic nitrogens is 3. The molecule has 0 spiro atoms. The minimum Gasteiger partial charge on any atom is -0.354 e. The third-order valence-electron chi connectivity index (χ3n) is 4.87. The Morgan fingerprint density at radius 3 is 2.75 bits per heavy atom. The molecule has 1 aliphatic rings. The molecule has 1 aliphatic heterocycles. The smallest absolute Gasteiger partial charge is 0.219 e. The highest BCUT2D eigenvalue weighted by atomic mass is 32.1. The summed E-state index contributed by atoms with van der Waals surface area (Å²) in [4.78, 5) is 21.9. The standard InChI is InChI=1S/C19H29N7OS/c1-3-18-23-22-15-26(18)9-8-21-19(20-7-6-17-5-4-14-28-17)25-12-10-24(11-13-25)16(2)27/h4-5,14-15H,3,6-13H2,1-2H3,(H,20,21). The van der Waals surface area contributed by atoms with E-state index >= 15 is 0 Å². The van der Waals surface area contributed by atoms with Crippen LogP contribution in [0.15, 0.2) is 28.8 Å². The van der Waals surface area contributed by atoms with Crippen molar-refractivity contribution in [3.05, 3.63) is 34.5 Å². The number of amides is 1. The van der Waals surface area contributed by atoms with Crippen molar-refractivity contribution >= 4 is 23.2 Å². The lowest BCUT2D eigenvalue weighted by Gasteiger charge is -2.36. The first kappa shape index (κ1) is 20.3. The van der Waals surface area contributed by atoms with Crippen molar-refractivity contribution in [3.63, 3.8) is 0 Å². The molecule has 8 nitrogen and oxygen atoms in total. The van der Waals surface area contributed by atoms with Gasteiger partial charge in [0.2, 0.25) is 5.91 Å². The quantitative estimate of drug-likeness (QED) is 0.556. The number of rotatable bonds is 7. The molecule has 0 bridgehead atoms. The molecule has 152 valence electrons. The number of hydrogen-bond acceptors (Lipinski definition) is 5. The maximum Gasteiger partial charge on any atom is 0.219 e. The van der Waals surface area contributed by atoms with Crippen LogP contribution in [-0.2, 0) is 24.2 Å². The van der Waals surface area contributed by atoms with Gasteiger partial charge in [0, 0.05) is 70.5 Å². The number of hydrogen-bond donors (Lipinski definition) is 1. The van der Waals surface area contributed by atoms with Gasteiger partial charge in [-0.25, -0.2) is 0 Å². The van der Waals surface area contributed by atoms with Crippen LogP contribution in [0.2, 0.25) is 0 Å². The Kier molecular flexibility index (Phi) is 7.41. The van der Waals surface area contributed by atoms with Gasteiger partial charge in [0.1, 0.15) is 12.2 Å². The van der Waals surface area contributed by atoms with Gasteiger partial charge in [-0.3, -0.25) is 9.79 Å². The molecule has 0 aliphatic carbocycles. The molecular weight excluding hydrogens is 374 g/mol. The van der Waals surface area contributed by atoms with E-state index in [2.05, 4.69) is 49.4 Å². The predicted molar refractivity (Wildman–Crippen MR) is 112 cm³/mol. The summed E-state index contributed by atoms with van der Waals surface area (Å²) in [5, 5.41) is 13.7. The summed E-state index contributed by atoms with van der Waals surface area (Å²) < 4.78 is 2.07. The lowest BCUT2D eigenvalue weighted by molar-refractivity contribution is -0.130. The summed E-state index contributed by atoms with van der Waals surface area (Å²) in [6, 6.07) is 4.23. The molecule has 0 atom stereocenters. The summed E-state index contributed by atoms with van der Waals surface area (Å²) in [5.74, 6) is 2.06. The Hall–Kier alpha value is -2.42. The van der Waals surface area contributed by atoms with Crippen LogP contribution in [0.25, 0.3) is 0 Å². The molecular formula is C19H29N7OS. The molecule has 0 aromatic carbocycles. The summed E-state index contributed by atoms with van der Waals surface area (Å²) in [6.45, 7) is 9.12. The lowest BCUT2D eigenvalue weighted by Crippen LogP contribution is -2.53. The van der Waals surface area contributed by atoms with E-state index in [9.17, 15) is 4.79 Å². The Balaban J connectivity index is 1.58. The van der Waals surface area contributed by atoms with E-state index < -0.39 is 0 Å². The van der Waals surface area contributed by atoms with Crippen LogP contribution in [0.1, 0.15) is 24.5 Å². The third kappa shape index (κ3) is 5.54. The Morgan fingerprint density at radius 1 is 1.29 bits per heavy atom. The molecule has 0 unspecified atom stereocenters. The highest BCUT2D eigenvalue weighted by Gasteiger charge is 2.21. The van der Waals surface area contributed by atoms with Crippen LogP contribution in [0.5, 0.6) is 0 Å². The van der Waals surface area contributed by atoms with Crippen molar-refractivity contribution in [2.75, 3.05) is 39.3 Å². The van der Waals surface area contributed by atoms with E-state index in [1.54, 1.807) is 24.6 Å². The molecule has 1 saturated heterocycles. The monoisotopic (exact) mass is 403 g/mol. The molecule has 1 fully saturated rings. The van der Waals surface area contributed by atoms with Crippen molar-refractivity contribution in [1.29, 1.82) is 0 Å². The molecule has 1 amide bonds. The zero-order valence-electron chi connectivity index (χ0n) is 16.7. The maximum absolute atomic E-state index is 11.6. The number of carbonyl (C=O) groups excluding carboxylic acids is 1. The van der Waals surface area contributed by atoms with Gasteiger partial charge in [-0.1, -0.05) is 13.0 Å². The Bertz CT molecular complexity index is 763. The first-order valence-electron chi connectivity index (χ1n) is 9.85. The number of thiophene rings is 1. The summed E-state index contributed by atoms with van der Waals surface area (Å²) in [5.41, 5.74) is 0. The SMILES string of the molecule is CCc1nncn1CCNC(=NCCc1cccs1)N1CCN(C(C)=O)CC1. The van der Waals surface area contributed by atoms with Gasteiger partial charge < -0.3 is 19.7 Å². The van der Waals surface area contributed by atoms with Gasteiger partial charge in [0.25, 0.3) is 0 Å². The first-order chi connectivity index (χ1) is 13.7. The largest absolute Gasteiger partial charge is 0.354 e. The summed E-state index contributed by atoms with van der Waals surface area (Å²) in [7, 11) is 0. The number of carbonyl (C=O) groups is 1. The second-order valence-corrected chi connectivity index (χ2v) is 7.78. The number of nitrogens with zero attached hydrogens (tertiary/aromatic N) is 6. The maximum atomic E-state index is 11.6. The fourth-order valence-corrected chi connectivity index (χ4v) is 3.95. The van der Waals surface area contributed by atoms with Crippen molar-refractivity contribution in [1.82, 2.24) is 29.9 Å². The van der Waals surface area contributed by atoms with Gasteiger partial charge in [-0.2, -0.15) is 0 Å². The normalized spacial score (nSPS) is 15.1. The first-order valence-corrected chi connectivity index (χ1v) is 10.7. The van der Waals surface area contributed by atoms with Gasteiger partial charge in [-0.15, -0.1) is 21.5 Å². The summed E-state index contributed by atoms with van der Waals surface area (Å²) in [6.07, 6.45) is 3.59. The number of nitrogens with one attached hydrogen (secondary N) is 1. The molecule has 2 aromatic rings. The lowest BCUT2D eigenvalue weighted by atomic mass is 10.3. The van der Waals surface area contributed by atoms with Crippen LogP contribution < -0.4 is 5.32 Å². The Labute approximate surface area is 170 Å². The van der Waals surface area contributed by atoms with E-state index in [0.717, 1.165) is 70.4 Å². The average molecular weight is 404 g/mol. The topological polar surface area (TPSA) is 78.7 Å². The van der Waals surface area contributed by atoms with Gasteiger partial charge in [0.15, 0.2) is 5.96 Å². The number of aliphatic imine (C=N–C) groups is 1. The van der Waals surface area contributed by atoms with Gasteiger partial charge in [0.05, 0.1) is 0 Å². The molecule has 3 rings (SSSR count). The van der Waals surface area contributed by atoms with Crippen molar-refractivity contribution in [2.45, 2.75) is 33.2 Å². The van der Waals surface area contributed by atoms with Crippen molar-refractivity contribution in [2.24, 2.45) is 4.99 Å². The van der Waals surface area contributed by atoms with Crippen LogP contribution in [0.4, 0.5) is 0 Å². The summed E-state index contributed by atoms with van der Waals surface area (Å²) >= 11 is 1.77. The minimum atomic E-state index is 0.142. The molecule has 0 saturated carbocycles. The number of aryl methyl sites for hydroxylation is 1. The second-order valence-electron chi connectivity index (χ2n) is 6.75. The van der Waals surface area contributed by atoms with Crippen LogP contribution >= 0.6 is 11.3 Å². The van der Waals surface area contributed by atoms with E-state index in [1.807, 2.05) is 4.90 Å². The third-order valence-corrected chi connectivity index (χ3v) is 5.81. The predicted octanol–water partition coefficient (Wildman–Crippen LogP) is 1.25. The molecule has 2 aromatic heterocycles. The van der Waals surface area contributed by atoms with Gasteiger partial charge in [-0.05, 0) is 11.4 Å². The number of piperazine rings is 1. The number of guanidine groups is 1. The zero-order chi connectivity index (χ0) is 19.8. The van der Waals surface area contributed by atoms with Crippen LogP contribution in [-0.4, -0.2) is 75.7 Å². The minimum absolute atomic E-state index is 0.142. The second kappa shape index (κ2) is 10.2. The zero-order valence-corrected chi connectivity index (χ0v) is 17.5. The van der Waals surface area contributed by atoms with Gasteiger partial charge >= 0.3 is 0 Å². The van der Waals surface area contributed by atoms with Crippen LogP contribution in [0.3, 0.4) is 0 Å². The molecule has 9 heteroatoms.